The number of hydrogen-bond donors (Lipinski definition) is 2. The number of carboxylic acid groups (broad SMARTS) is 1. The van der Waals surface area contributed by atoms with Gasteiger partial charge < -0.3 is 10.4 Å². The Bertz CT molecular complexity index is 513. The maximum atomic E-state index is 11.2. The van der Waals surface area contributed by atoms with Gasteiger partial charge in [0.2, 0.25) is 0 Å². The fraction of sp³-hybridized carbons (Fsp3) is 0.333. The Balaban J connectivity index is 2.79. The molecule has 0 radical (unpaired) electrons. The van der Waals surface area contributed by atoms with Gasteiger partial charge in [0, 0.05) is 24.6 Å². The van der Waals surface area contributed by atoms with Crippen LogP contribution >= 0.6 is 0 Å². The first kappa shape index (κ1) is 14.6. The highest BCUT2D eigenvalue weighted by Gasteiger charge is 2.15. The molecule has 0 amide bonds. The Hall–Kier alpha value is -2.44. The van der Waals surface area contributed by atoms with Crippen LogP contribution in [-0.2, 0) is 4.79 Å². The summed E-state index contributed by atoms with van der Waals surface area (Å²) in [5.41, 5.74) is 0.353. The Morgan fingerprint density at radius 1 is 1.42 bits per heavy atom. The van der Waals surface area contributed by atoms with Crippen LogP contribution in [0, 0.1) is 10.1 Å². The van der Waals surface area contributed by atoms with E-state index in [9.17, 15) is 19.7 Å². The first-order valence-corrected chi connectivity index (χ1v) is 5.67. The third-order valence-electron chi connectivity index (χ3n) is 2.48. The zero-order chi connectivity index (χ0) is 14.4. The maximum absolute atomic E-state index is 11.2. The molecule has 7 nitrogen and oxygen atoms in total. The summed E-state index contributed by atoms with van der Waals surface area (Å²) >= 11 is 0. The van der Waals surface area contributed by atoms with E-state index in [2.05, 4.69) is 5.32 Å². The average Bonchev–Trinajstić information content (AvgIpc) is 2.34. The van der Waals surface area contributed by atoms with Crippen LogP contribution in [-0.4, -0.2) is 28.3 Å². The third-order valence-corrected chi connectivity index (χ3v) is 2.48. The molecular formula is C12H14N2O5. The molecule has 0 fully saturated rings. The quantitative estimate of drug-likeness (QED) is 0.338. The number of nitrogens with one attached hydrogen (secondary N) is 1. The molecular weight excluding hydrogens is 252 g/mol. The lowest BCUT2D eigenvalue weighted by Gasteiger charge is -2.07. The molecule has 0 aliphatic rings. The highest BCUT2D eigenvalue weighted by molar-refractivity contribution is 5.95. The van der Waals surface area contributed by atoms with E-state index in [4.69, 9.17) is 5.11 Å². The Morgan fingerprint density at radius 3 is 2.63 bits per heavy atom. The topological polar surface area (TPSA) is 110 Å². The zero-order valence-corrected chi connectivity index (χ0v) is 10.4. The van der Waals surface area contributed by atoms with Crippen molar-refractivity contribution < 1.29 is 19.6 Å². The largest absolute Gasteiger partial charge is 0.481 e. The Kier molecular flexibility index (Phi) is 4.99. The summed E-state index contributed by atoms with van der Waals surface area (Å²) in [5, 5.41) is 22.2. The summed E-state index contributed by atoms with van der Waals surface area (Å²) in [4.78, 5) is 31.8. The van der Waals surface area contributed by atoms with Crippen molar-refractivity contribution >= 4 is 23.1 Å². The summed E-state index contributed by atoms with van der Waals surface area (Å²) in [6.45, 7) is 1.64. The normalized spacial score (nSPS) is 9.95. The number of ketones is 1. The lowest BCUT2D eigenvalue weighted by atomic mass is 10.1. The molecule has 1 aromatic carbocycles. The Labute approximate surface area is 109 Å². The van der Waals surface area contributed by atoms with Crippen molar-refractivity contribution in [2.24, 2.45) is 0 Å². The van der Waals surface area contributed by atoms with Crippen molar-refractivity contribution in [3.8, 4) is 0 Å². The van der Waals surface area contributed by atoms with Gasteiger partial charge in [-0.25, -0.2) is 0 Å². The predicted octanol–water partition coefficient (Wildman–Crippen LogP) is 2.07. The molecule has 0 saturated carbocycles. The van der Waals surface area contributed by atoms with E-state index in [-0.39, 0.29) is 29.1 Å². The van der Waals surface area contributed by atoms with Crippen molar-refractivity contribution in [3.05, 3.63) is 33.9 Å². The summed E-state index contributed by atoms with van der Waals surface area (Å²) in [6, 6.07) is 4.16. The molecule has 0 atom stereocenters. The van der Waals surface area contributed by atoms with E-state index in [1.54, 1.807) is 0 Å². The monoisotopic (exact) mass is 266 g/mol. The third kappa shape index (κ3) is 4.38. The minimum absolute atomic E-state index is 0.00761. The van der Waals surface area contributed by atoms with Crippen LogP contribution in [0.25, 0.3) is 0 Å². The highest BCUT2D eigenvalue weighted by atomic mass is 16.6. The molecule has 0 bridgehead atoms. The van der Waals surface area contributed by atoms with Gasteiger partial charge in [-0.1, -0.05) is 0 Å². The number of Topliss-reactive ketones (excluding diaryl/α,β-unsaturated/α-hetero) is 1. The number of benzene rings is 1. The molecule has 1 rings (SSSR count). The van der Waals surface area contributed by atoms with Gasteiger partial charge in [0.1, 0.15) is 5.69 Å². The van der Waals surface area contributed by atoms with E-state index in [0.29, 0.717) is 13.0 Å². The lowest BCUT2D eigenvalue weighted by Crippen LogP contribution is -2.07. The molecule has 2 N–H and O–H groups in total. The van der Waals surface area contributed by atoms with Gasteiger partial charge in [-0.05, 0) is 25.5 Å². The summed E-state index contributed by atoms with van der Waals surface area (Å²) < 4.78 is 0. The highest BCUT2D eigenvalue weighted by Crippen LogP contribution is 2.25. The van der Waals surface area contributed by atoms with Crippen molar-refractivity contribution in [2.75, 3.05) is 11.9 Å². The SMILES string of the molecule is CC(=O)c1ccc(NCCCC(=O)O)c([N+](=O)[O-])c1. The molecule has 7 heteroatoms. The molecule has 19 heavy (non-hydrogen) atoms. The van der Waals surface area contributed by atoms with Gasteiger partial charge in [0.25, 0.3) is 5.69 Å². The summed E-state index contributed by atoms with van der Waals surface area (Å²) in [7, 11) is 0. The van der Waals surface area contributed by atoms with E-state index in [0.717, 1.165) is 0 Å². The Morgan fingerprint density at radius 2 is 2.11 bits per heavy atom. The second-order valence-electron chi connectivity index (χ2n) is 3.97. The molecule has 0 aromatic heterocycles. The summed E-state index contributed by atoms with van der Waals surface area (Å²) in [5.74, 6) is -1.16. The first-order chi connectivity index (χ1) is 8.91. The van der Waals surface area contributed by atoms with Crippen molar-refractivity contribution in [1.29, 1.82) is 0 Å². The molecule has 0 heterocycles. The van der Waals surface area contributed by atoms with Gasteiger partial charge in [-0.3, -0.25) is 19.7 Å². The minimum Gasteiger partial charge on any atom is -0.481 e. The number of carboxylic acids is 1. The number of hydrogen-bond acceptors (Lipinski definition) is 5. The van der Waals surface area contributed by atoms with Gasteiger partial charge in [-0.15, -0.1) is 0 Å². The average molecular weight is 266 g/mol. The van der Waals surface area contributed by atoms with Gasteiger partial charge in [0.05, 0.1) is 4.92 Å². The van der Waals surface area contributed by atoms with Gasteiger partial charge in [-0.2, -0.15) is 0 Å². The number of carbonyl (C=O) groups is 2. The van der Waals surface area contributed by atoms with Crippen LogP contribution in [0.3, 0.4) is 0 Å². The predicted molar refractivity (Wildman–Crippen MR) is 68.5 cm³/mol. The van der Waals surface area contributed by atoms with Crippen molar-refractivity contribution in [1.82, 2.24) is 0 Å². The van der Waals surface area contributed by atoms with Crippen LogP contribution in [0.5, 0.6) is 0 Å². The van der Waals surface area contributed by atoms with Crippen LogP contribution in [0.2, 0.25) is 0 Å². The zero-order valence-electron chi connectivity index (χ0n) is 10.4. The van der Waals surface area contributed by atoms with E-state index in [1.165, 1.54) is 25.1 Å². The van der Waals surface area contributed by atoms with Crippen molar-refractivity contribution in [2.45, 2.75) is 19.8 Å². The molecule has 0 unspecified atom stereocenters. The molecule has 1 aromatic rings. The van der Waals surface area contributed by atoms with E-state index in [1.807, 2.05) is 0 Å². The second kappa shape index (κ2) is 6.48. The minimum atomic E-state index is -0.914. The van der Waals surface area contributed by atoms with Crippen LogP contribution < -0.4 is 5.32 Å². The van der Waals surface area contributed by atoms with E-state index < -0.39 is 10.9 Å². The second-order valence-corrected chi connectivity index (χ2v) is 3.97. The first-order valence-electron chi connectivity index (χ1n) is 5.67. The fourth-order valence-corrected chi connectivity index (χ4v) is 1.51. The smallest absolute Gasteiger partial charge is 0.303 e. The van der Waals surface area contributed by atoms with Crippen molar-refractivity contribution in [3.63, 3.8) is 0 Å². The molecule has 0 spiro atoms. The molecule has 102 valence electrons. The number of nitro benzene ring substituents is 1. The number of aliphatic carboxylic acids is 1. The number of carbonyl (C=O) groups excluding carboxylic acids is 1. The van der Waals surface area contributed by atoms with Crippen LogP contribution in [0.15, 0.2) is 18.2 Å². The number of nitro groups is 1. The van der Waals surface area contributed by atoms with Crippen LogP contribution in [0.4, 0.5) is 11.4 Å². The van der Waals surface area contributed by atoms with Crippen LogP contribution in [0.1, 0.15) is 30.1 Å². The summed E-state index contributed by atoms with van der Waals surface area (Å²) in [6.07, 6.45) is 0.354. The number of rotatable bonds is 7. The molecule has 0 aliphatic carbocycles. The maximum Gasteiger partial charge on any atom is 0.303 e. The fourth-order valence-electron chi connectivity index (χ4n) is 1.51. The van der Waals surface area contributed by atoms with Gasteiger partial charge in [0.15, 0.2) is 5.78 Å². The number of nitrogens with zero attached hydrogens (tertiary/aromatic N) is 1. The standard InChI is InChI=1S/C12H14N2O5/c1-8(15)9-4-5-10(11(7-9)14(18)19)13-6-2-3-12(16)17/h4-5,7,13H,2-3,6H2,1H3,(H,16,17). The number of anilines is 1. The lowest BCUT2D eigenvalue weighted by molar-refractivity contribution is -0.384. The van der Waals surface area contributed by atoms with E-state index >= 15 is 0 Å². The molecule has 0 saturated heterocycles. The van der Waals surface area contributed by atoms with Gasteiger partial charge >= 0.3 is 5.97 Å². The molecule has 0 aliphatic heterocycles.